The van der Waals surface area contributed by atoms with Gasteiger partial charge in [-0.25, -0.2) is 19.4 Å². The van der Waals surface area contributed by atoms with Crippen LogP contribution in [0.5, 0.6) is 0 Å². The lowest BCUT2D eigenvalue weighted by Gasteiger charge is -2.44. The Kier molecular flexibility index (Phi) is 32.7. The average Bonchev–Trinajstić information content (AvgIpc) is 0.775. The van der Waals surface area contributed by atoms with Crippen molar-refractivity contribution in [3.8, 4) is 0 Å². The van der Waals surface area contributed by atoms with Gasteiger partial charge in [0.05, 0.1) is 91.4 Å². The Hall–Kier alpha value is -8.28. The lowest BCUT2D eigenvalue weighted by Crippen LogP contribution is -2.66. The monoisotopic (exact) mass is 1530 g/mol. The normalized spacial score (nSPS) is 15.6. The highest BCUT2D eigenvalue weighted by atomic mass is 79.9. The number of benzene rings is 6. The van der Waals surface area contributed by atoms with Crippen molar-refractivity contribution in [1.29, 1.82) is 0 Å². The van der Waals surface area contributed by atoms with Crippen LogP contribution < -0.4 is 32.7 Å². The third-order valence-electron chi connectivity index (χ3n) is 15.7. The van der Waals surface area contributed by atoms with E-state index in [2.05, 4.69) is 53.1 Å². The molecule has 102 heavy (non-hydrogen) atoms. The van der Waals surface area contributed by atoms with Gasteiger partial charge in [-0.1, -0.05) is 190 Å². The van der Waals surface area contributed by atoms with Crippen LogP contribution >= 0.6 is 31.9 Å². The van der Waals surface area contributed by atoms with Crippen molar-refractivity contribution in [2.45, 2.75) is 166 Å². The van der Waals surface area contributed by atoms with E-state index in [0.717, 1.165) is 41.0 Å². The van der Waals surface area contributed by atoms with Gasteiger partial charge < -0.3 is 70.6 Å². The van der Waals surface area contributed by atoms with Crippen LogP contribution in [0.2, 0.25) is 0 Å². The first kappa shape index (κ1) is 81.0. The van der Waals surface area contributed by atoms with Crippen molar-refractivity contribution in [2.24, 2.45) is 11.5 Å². The van der Waals surface area contributed by atoms with E-state index >= 15 is 28.8 Å². The first-order valence-electron chi connectivity index (χ1n) is 33.8. The van der Waals surface area contributed by atoms with Gasteiger partial charge in [-0.05, 0) is 112 Å². The molecule has 0 aliphatic heterocycles. The predicted octanol–water partition coefficient (Wildman–Crippen LogP) is 9.24. The number of ether oxygens (including phenoxy) is 8. The quantitative estimate of drug-likeness (QED) is 0.0213. The van der Waals surface area contributed by atoms with Gasteiger partial charge in [-0.2, -0.15) is 0 Å². The molecule has 1 aliphatic carbocycles. The molecule has 0 radical (unpaired) electrons. The largest absolute Gasteiger partial charge is 0.443 e. The number of amides is 8. The summed E-state index contributed by atoms with van der Waals surface area (Å²) in [5.41, 5.74) is 14.7. The molecule has 1 aliphatic rings. The molecule has 8 atom stereocenters. The van der Waals surface area contributed by atoms with E-state index in [-0.39, 0.29) is 65.7 Å². The van der Waals surface area contributed by atoms with E-state index in [4.69, 9.17) is 49.4 Å². The summed E-state index contributed by atoms with van der Waals surface area (Å²) in [4.78, 5) is 123. The first-order chi connectivity index (χ1) is 48.8. The minimum absolute atomic E-state index is 0.0103. The second-order valence-electron chi connectivity index (χ2n) is 26.5. The van der Waals surface area contributed by atoms with Crippen LogP contribution in [0, 0.1) is 0 Å². The Morgan fingerprint density at radius 1 is 0.373 bits per heavy atom. The second-order valence-corrected chi connectivity index (χ2v) is 28.4. The minimum atomic E-state index is -1.77. The van der Waals surface area contributed by atoms with Gasteiger partial charge in [0.1, 0.15) is 47.5 Å². The number of carbonyl (C=O) groups is 8. The Bertz CT molecular complexity index is 3380. The summed E-state index contributed by atoms with van der Waals surface area (Å²) in [6.45, 7) is 7.09. The molecule has 548 valence electrons. The number of hydrogen-bond donors (Lipinski definition) is 6. The van der Waals surface area contributed by atoms with Crippen LogP contribution in [0.3, 0.4) is 0 Å². The smallest absolute Gasteiger partial charge is 0.417 e. The van der Waals surface area contributed by atoms with Gasteiger partial charge in [0.25, 0.3) is 11.8 Å². The molecule has 1 fully saturated rings. The fraction of sp³-hybridized carbons (Fsp3) is 0.421. The number of nitrogens with two attached hydrogens (primary N) is 2. The predicted molar refractivity (Wildman–Crippen MR) is 388 cm³/mol. The molecule has 6 aromatic carbocycles. The maximum Gasteiger partial charge on any atom is 0.417 e. The molecule has 0 saturated heterocycles. The molecular weight excluding hydrogens is 1440 g/mol. The highest BCUT2D eigenvalue weighted by molar-refractivity contribution is 9.10. The van der Waals surface area contributed by atoms with Crippen molar-refractivity contribution >= 4 is 79.5 Å². The van der Waals surface area contributed by atoms with Crippen molar-refractivity contribution in [1.82, 2.24) is 31.1 Å². The number of imide groups is 2. The van der Waals surface area contributed by atoms with Crippen LogP contribution in [0.4, 0.5) is 9.59 Å². The Morgan fingerprint density at radius 3 is 0.892 bits per heavy atom. The number of carbonyl (C=O) groups excluding carboxylic acids is 8. The van der Waals surface area contributed by atoms with Crippen molar-refractivity contribution in [3.05, 3.63) is 212 Å². The molecule has 0 spiro atoms. The lowest BCUT2D eigenvalue weighted by atomic mass is 9.87. The number of nitrogens with zero attached hydrogens (tertiary/aromatic N) is 2. The number of nitrogens with one attached hydrogen (secondary N) is 4. The minimum Gasteiger partial charge on any atom is -0.443 e. The zero-order valence-electron chi connectivity index (χ0n) is 58.4. The molecule has 6 aromatic rings. The molecule has 0 heterocycles. The van der Waals surface area contributed by atoms with Crippen LogP contribution in [0.15, 0.2) is 179 Å². The molecule has 0 bridgehead atoms. The second kappa shape index (κ2) is 41.1. The van der Waals surface area contributed by atoms with Crippen LogP contribution in [0.25, 0.3) is 0 Å². The topological polar surface area (TPSA) is 317 Å². The summed E-state index contributed by atoms with van der Waals surface area (Å²) < 4.78 is 49.8. The standard InChI is InChI=1S/C76H94Br2N8O16/c1-75(2,3)101-73(93)85(71(91)63(49-99-43-55-31-35-57(77)36-32-55)83-69(89)61(47-97-41-53-25-15-9-16-26-53)81-67(87)59(79)45-95-39-51-21-11-7-12-22-51)65-29-19-20-30-66(65)86(74(94)102-76(4,5)6)72(92)64(50-100-44-56-33-37-58(78)38-34-56)84-70(90)62(48-98-42-54-27-17-10-18-28-54)82-68(88)60(80)46-96-40-52-23-13-8-14-24-52/h7-18,21-28,31-38,59-66H,19-20,29-30,39-50,79-80H2,1-6H3,(H,81,87)(H,82,88)(H,83,89)(H,84,90)/t59-,60-,61+,62+,63-,64-,65-,66-/m0/s1. The van der Waals surface area contributed by atoms with Crippen LogP contribution in [0.1, 0.15) is 101 Å². The highest BCUT2D eigenvalue weighted by Gasteiger charge is 2.49. The third-order valence-corrected chi connectivity index (χ3v) is 16.8. The maximum absolute atomic E-state index is 16.1. The molecule has 8 amide bonds. The SMILES string of the molecule is CC(C)(C)OC(=O)N(C(=O)[C@H](COCc1ccc(Br)cc1)NC(=O)[C@@H](COCc1ccccc1)NC(=O)[C@@H](N)COCc1ccccc1)[C@H]1CCCC[C@@H]1N(C(=O)OC(C)(C)C)C(=O)[C@H](COCc1ccc(Br)cc1)NC(=O)[C@@H](COCc1ccccc1)NC(=O)[C@@H](N)COCc1ccccc1. The zero-order valence-corrected chi connectivity index (χ0v) is 61.6. The van der Waals surface area contributed by atoms with Gasteiger partial charge in [0.15, 0.2) is 0 Å². The summed E-state index contributed by atoms with van der Waals surface area (Å²) in [5, 5.41) is 10.8. The van der Waals surface area contributed by atoms with E-state index in [1.165, 1.54) is 0 Å². The van der Waals surface area contributed by atoms with E-state index in [1.54, 1.807) is 90.1 Å². The number of halogens is 2. The average molecular weight is 1540 g/mol. The summed E-state index contributed by atoms with van der Waals surface area (Å²) in [6.07, 6.45) is -1.85. The van der Waals surface area contributed by atoms with Crippen molar-refractivity contribution in [3.63, 3.8) is 0 Å². The van der Waals surface area contributed by atoms with E-state index < -0.39 is 134 Å². The number of rotatable bonds is 36. The first-order valence-corrected chi connectivity index (χ1v) is 35.3. The Labute approximate surface area is 613 Å². The van der Waals surface area contributed by atoms with Crippen molar-refractivity contribution in [2.75, 3.05) is 39.6 Å². The van der Waals surface area contributed by atoms with E-state index in [1.807, 2.05) is 121 Å². The molecule has 1 saturated carbocycles. The third kappa shape index (κ3) is 27.8. The summed E-state index contributed by atoms with van der Waals surface area (Å²) in [6, 6.07) is 38.9. The Balaban J connectivity index is 1.26. The van der Waals surface area contributed by atoms with Gasteiger partial charge in [-0.3, -0.25) is 28.8 Å². The summed E-state index contributed by atoms with van der Waals surface area (Å²) in [5.74, 6) is -5.67. The van der Waals surface area contributed by atoms with Crippen LogP contribution in [-0.4, -0.2) is 157 Å². The number of hydrogen-bond acceptors (Lipinski definition) is 18. The molecule has 8 N–H and O–H groups in total. The molecule has 24 nitrogen and oxygen atoms in total. The van der Waals surface area contributed by atoms with E-state index in [9.17, 15) is 9.59 Å². The molecule has 0 unspecified atom stereocenters. The van der Waals surface area contributed by atoms with Gasteiger partial charge in [0, 0.05) is 8.95 Å². The lowest BCUT2D eigenvalue weighted by molar-refractivity contribution is -0.147. The molecular formula is C76H94Br2N8O16. The molecule has 26 heteroatoms. The Morgan fingerprint density at radius 2 is 0.618 bits per heavy atom. The van der Waals surface area contributed by atoms with Gasteiger partial charge >= 0.3 is 12.2 Å². The van der Waals surface area contributed by atoms with Crippen LogP contribution in [-0.2, 0) is 106 Å². The van der Waals surface area contributed by atoms with E-state index in [0.29, 0.717) is 24.0 Å². The summed E-state index contributed by atoms with van der Waals surface area (Å²) >= 11 is 6.90. The molecule has 7 rings (SSSR count). The zero-order chi connectivity index (χ0) is 73.6. The maximum atomic E-state index is 16.1. The van der Waals surface area contributed by atoms with Crippen molar-refractivity contribution < 1.29 is 76.3 Å². The fourth-order valence-electron chi connectivity index (χ4n) is 10.6. The van der Waals surface area contributed by atoms with Gasteiger partial charge in [0.2, 0.25) is 23.6 Å². The fourth-order valence-corrected chi connectivity index (χ4v) is 11.2. The summed E-state index contributed by atoms with van der Waals surface area (Å²) in [7, 11) is 0. The molecule has 0 aromatic heterocycles. The highest BCUT2D eigenvalue weighted by Crippen LogP contribution is 2.32. The van der Waals surface area contributed by atoms with Gasteiger partial charge in [-0.15, -0.1) is 0 Å².